The van der Waals surface area contributed by atoms with Crippen molar-refractivity contribution in [2.75, 3.05) is 17.6 Å². The monoisotopic (exact) mass is 219 g/mol. The first-order valence-electron chi connectivity index (χ1n) is 5.08. The van der Waals surface area contributed by atoms with Crippen LogP contribution in [0.5, 0.6) is 0 Å². The maximum atomic E-state index is 11.7. The fourth-order valence-electron chi connectivity index (χ4n) is 1.65. The van der Waals surface area contributed by atoms with Gasteiger partial charge in [-0.25, -0.2) is 0 Å². The zero-order chi connectivity index (χ0) is 11.5. The van der Waals surface area contributed by atoms with Gasteiger partial charge in [0, 0.05) is 24.3 Å². The van der Waals surface area contributed by atoms with Crippen molar-refractivity contribution in [3.8, 4) is 0 Å². The number of nitrogens with two attached hydrogens (primary N) is 1. The molecule has 5 heteroatoms. The Balaban J connectivity index is 1.99. The van der Waals surface area contributed by atoms with Gasteiger partial charge in [0.15, 0.2) is 0 Å². The fraction of sp³-hybridized carbons (Fsp3) is 0.273. The van der Waals surface area contributed by atoms with Crippen LogP contribution in [0.3, 0.4) is 0 Å². The molecule has 0 aromatic heterocycles. The highest BCUT2D eigenvalue weighted by atomic mass is 16.2. The summed E-state index contributed by atoms with van der Waals surface area (Å²) in [6.45, 7) is 0.410. The summed E-state index contributed by atoms with van der Waals surface area (Å²) in [6.07, 6.45) is 0.258. The Bertz CT molecular complexity index is 431. The van der Waals surface area contributed by atoms with Gasteiger partial charge in [-0.3, -0.25) is 9.59 Å². The third-order valence-corrected chi connectivity index (χ3v) is 2.50. The molecule has 2 rings (SSSR count). The number of nitrogens with one attached hydrogen (secondary N) is 2. The smallest absolute Gasteiger partial charge is 0.229 e. The van der Waals surface area contributed by atoms with E-state index in [-0.39, 0.29) is 24.2 Å². The molecular formula is C11H13N3O2. The summed E-state index contributed by atoms with van der Waals surface area (Å²) in [5.74, 6) is -0.509. The van der Waals surface area contributed by atoms with E-state index in [0.29, 0.717) is 17.9 Å². The van der Waals surface area contributed by atoms with Crippen LogP contribution in [0.4, 0.5) is 11.4 Å². The van der Waals surface area contributed by atoms with Gasteiger partial charge in [0.2, 0.25) is 11.8 Å². The number of anilines is 2. The molecule has 1 aromatic rings. The number of amides is 2. The molecule has 1 aliphatic heterocycles. The zero-order valence-corrected chi connectivity index (χ0v) is 8.69. The summed E-state index contributed by atoms with van der Waals surface area (Å²) in [7, 11) is 0. The van der Waals surface area contributed by atoms with Crippen LogP contribution >= 0.6 is 0 Å². The quantitative estimate of drug-likeness (QED) is 0.627. The lowest BCUT2D eigenvalue weighted by Gasteiger charge is -2.09. The van der Waals surface area contributed by atoms with Gasteiger partial charge < -0.3 is 16.4 Å². The lowest BCUT2D eigenvalue weighted by atomic mass is 10.1. The number of benzene rings is 1. The average Bonchev–Trinajstić information content (AvgIpc) is 2.65. The van der Waals surface area contributed by atoms with Gasteiger partial charge in [-0.05, 0) is 18.2 Å². The van der Waals surface area contributed by atoms with Gasteiger partial charge >= 0.3 is 0 Å². The van der Waals surface area contributed by atoms with E-state index in [4.69, 9.17) is 5.73 Å². The van der Waals surface area contributed by atoms with Crippen LogP contribution in [0.25, 0.3) is 0 Å². The first-order chi connectivity index (χ1) is 7.65. The van der Waals surface area contributed by atoms with Crippen molar-refractivity contribution in [1.29, 1.82) is 0 Å². The average molecular weight is 219 g/mol. The first kappa shape index (κ1) is 10.5. The van der Waals surface area contributed by atoms with E-state index in [1.165, 1.54) is 0 Å². The second kappa shape index (κ2) is 4.22. The molecule has 0 aliphatic carbocycles. The highest BCUT2D eigenvalue weighted by Crippen LogP contribution is 2.15. The Hall–Kier alpha value is -2.04. The van der Waals surface area contributed by atoms with Crippen LogP contribution in [-0.2, 0) is 9.59 Å². The summed E-state index contributed by atoms with van der Waals surface area (Å²) >= 11 is 0. The van der Waals surface area contributed by atoms with Crippen LogP contribution in [0, 0.1) is 5.92 Å². The highest BCUT2D eigenvalue weighted by molar-refractivity contribution is 5.97. The van der Waals surface area contributed by atoms with Crippen LogP contribution in [0.2, 0.25) is 0 Å². The van der Waals surface area contributed by atoms with Crippen molar-refractivity contribution in [2.24, 2.45) is 5.92 Å². The van der Waals surface area contributed by atoms with Crippen molar-refractivity contribution in [3.63, 3.8) is 0 Å². The Morgan fingerprint density at radius 2 is 2.31 bits per heavy atom. The minimum absolute atomic E-state index is 0.0762. The van der Waals surface area contributed by atoms with E-state index in [1.807, 2.05) is 0 Å². The van der Waals surface area contributed by atoms with E-state index in [2.05, 4.69) is 10.6 Å². The van der Waals surface area contributed by atoms with Gasteiger partial charge in [0.25, 0.3) is 0 Å². The van der Waals surface area contributed by atoms with Gasteiger partial charge in [-0.1, -0.05) is 6.07 Å². The normalized spacial score (nSPS) is 19.2. The number of hydrogen-bond acceptors (Lipinski definition) is 3. The van der Waals surface area contributed by atoms with E-state index in [1.54, 1.807) is 24.3 Å². The maximum absolute atomic E-state index is 11.7. The molecule has 1 atom stereocenters. The van der Waals surface area contributed by atoms with Gasteiger partial charge in [0.05, 0.1) is 5.92 Å². The predicted molar refractivity (Wildman–Crippen MR) is 60.6 cm³/mol. The molecule has 1 heterocycles. The van der Waals surface area contributed by atoms with Crippen molar-refractivity contribution in [1.82, 2.24) is 5.32 Å². The van der Waals surface area contributed by atoms with Crippen molar-refractivity contribution >= 4 is 23.2 Å². The standard InChI is InChI=1S/C11H13N3O2/c12-8-2-1-3-9(5-8)14-11(16)7-4-10(15)13-6-7/h1-3,5,7H,4,6,12H2,(H,13,15)(H,14,16). The number of carbonyl (C=O) groups excluding carboxylic acids is 2. The van der Waals surface area contributed by atoms with Gasteiger partial charge in [-0.2, -0.15) is 0 Å². The third-order valence-electron chi connectivity index (χ3n) is 2.50. The molecule has 0 radical (unpaired) electrons. The highest BCUT2D eigenvalue weighted by Gasteiger charge is 2.27. The van der Waals surface area contributed by atoms with E-state index in [0.717, 1.165) is 0 Å². The molecule has 1 unspecified atom stereocenters. The van der Waals surface area contributed by atoms with Gasteiger partial charge in [-0.15, -0.1) is 0 Å². The first-order valence-corrected chi connectivity index (χ1v) is 5.08. The third kappa shape index (κ3) is 2.31. The van der Waals surface area contributed by atoms with E-state index < -0.39 is 0 Å². The number of nitrogen functional groups attached to an aromatic ring is 1. The fourth-order valence-corrected chi connectivity index (χ4v) is 1.65. The molecule has 1 aromatic carbocycles. The molecule has 0 saturated carbocycles. The molecule has 16 heavy (non-hydrogen) atoms. The Morgan fingerprint density at radius 3 is 2.94 bits per heavy atom. The van der Waals surface area contributed by atoms with Crippen LogP contribution in [0.15, 0.2) is 24.3 Å². The largest absolute Gasteiger partial charge is 0.399 e. The summed E-state index contributed by atoms with van der Waals surface area (Å²) in [4.78, 5) is 22.7. The predicted octanol–water partition coefficient (Wildman–Crippen LogP) is 0.343. The summed E-state index contributed by atoms with van der Waals surface area (Å²) < 4.78 is 0. The molecule has 4 N–H and O–H groups in total. The lowest BCUT2D eigenvalue weighted by molar-refractivity contribution is -0.123. The molecular weight excluding hydrogens is 206 g/mol. The molecule has 0 spiro atoms. The summed E-state index contributed by atoms with van der Waals surface area (Å²) in [5, 5.41) is 5.36. The zero-order valence-electron chi connectivity index (χ0n) is 8.69. The number of hydrogen-bond donors (Lipinski definition) is 3. The van der Waals surface area contributed by atoms with Crippen molar-refractivity contribution in [2.45, 2.75) is 6.42 Å². The second-order valence-electron chi connectivity index (χ2n) is 3.82. The molecule has 1 aliphatic rings. The molecule has 84 valence electrons. The lowest BCUT2D eigenvalue weighted by Crippen LogP contribution is -2.24. The molecule has 1 fully saturated rings. The van der Waals surface area contributed by atoms with Crippen molar-refractivity contribution in [3.05, 3.63) is 24.3 Å². The second-order valence-corrected chi connectivity index (χ2v) is 3.82. The molecule has 5 nitrogen and oxygen atoms in total. The molecule has 2 amide bonds. The topological polar surface area (TPSA) is 84.2 Å². The number of rotatable bonds is 2. The van der Waals surface area contributed by atoms with Crippen LogP contribution in [0.1, 0.15) is 6.42 Å². The Morgan fingerprint density at radius 1 is 1.50 bits per heavy atom. The molecule has 0 bridgehead atoms. The van der Waals surface area contributed by atoms with Gasteiger partial charge in [0.1, 0.15) is 0 Å². The van der Waals surface area contributed by atoms with E-state index in [9.17, 15) is 9.59 Å². The molecule has 1 saturated heterocycles. The van der Waals surface area contributed by atoms with Crippen molar-refractivity contribution < 1.29 is 9.59 Å². The Labute approximate surface area is 93.0 Å². The van der Waals surface area contributed by atoms with Crippen LogP contribution < -0.4 is 16.4 Å². The van der Waals surface area contributed by atoms with Crippen LogP contribution in [-0.4, -0.2) is 18.4 Å². The summed E-state index contributed by atoms with van der Waals surface area (Å²) in [5.41, 5.74) is 6.84. The minimum Gasteiger partial charge on any atom is -0.399 e. The van der Waals surface area contributed by atoms with E-state index >= 15 is 0 Å². The maximum Gasteiger partial charge on any atom is 0.229 e. The summed E-state index contributed by atoms with van der Waals surface area (Å²) in [6, 6.07) is 6.96. The minimum atomic E-state index is -0.283. The number of carbonyl (C=O) groups is 2. The SMILES string of the molecule is Nc1cccc(NC(=O)C2CNC(=O)C2)c1. The Kier molecular flexibility index (Phi) is 2.76.